The molecule has 1 saturated heterocycles. The van der Waals surface area contributed by atoms with Gasteiger partial charge in [-0.3, -0.25) is 9.67 Å². The Hall–Kier alpha value is -2.54. The van der Waals surface area contributed by atoms with Crippen LogP contribution in [0.1, 0.15) is 44.9 Å². The van der Waals surface area contributed by atoms with Crippen LogP contribution in [0.25, 0.3) is 0 Å². The van der Waals surface area contributed by atoms with Crippen molar-refractivity contribution in [3.05, 3.63) is 47.8 Å². The van der Waals surface area contributed by atoms with Gasteiger partial charge in [0, 0.05) is 44.4 Å². The maximum Gasteiger partial charge on any atom is 0.193 e. The smallest absolute Gasteiger partial charge is 0.193 e. The highest BCUT2D eigenvalue weighted by Gasteiger charge is 2.27. The summed E-state index contributed by atoms with van der Waals surface area (Å²) in [4.78, 5) is 6.80. The summed E-state index contributed by atoms with van der Waals surface area (Å²) in [6.07, 6.45) is 3.90. The minimum atomic E-state index is -0.0540. The lowest BCUT2D eigenvalue weighted by Gasteiger charge is -2.36. The van der Waals surface area contributed by atoms with Gasteiger partial charge in [-0.2, -0.15) is 5.10 Å². The number of nitrogens with one attached hydrogen (secondary N) is 1. The van der Waals surface area contributed by atoms with Gasteiger partial charge in [-0.1, -0.05) is 39.8 Å². The third kappa shape index (κ3) is 6.23. The first-order valence-electron chi connectivity index (χ1n) is 11.1. The maximum absolute atomic E-state index is 5.97. The molecule has 0 spiro atoms. The van der Waals surface area contributed by atoms with Gasteiger partial charge in [0.15, 0.2) is 5.96 Å². The van der Waals surface area contributed by atoms with Crippen molar-refractivity contribution in [3.8, 4) is 5.75 Å². The van der Waals surface area contributed by atoms with Gasteiger partial charge >= 0.3 is 0 Å². The Balaban J connectivity index is 1.58. The Morgan fingerprint density at radius 1 is 1.32 bits per heavy atom. The fourth-order valence-electron chi connectivity index (χ4n) is 3.65. The van der Waals surface area contributed by atoms with Gasteiger partial charge < -0.3 is 19.7 Å². The van der Waals surface area contributed by atoms with Crippen molar-refractivity contribution in [1.82, 2.24) is 20.0 Å². The molecular weight excluding hydrogens is 390 g/mol. The Kier molecular flexibility index (Phi) is 7.59. The van der Waals surface area contributed by atoms with E-state index >= 15 is 0 Å². The van der Waals surface area contributed by atoms with Crippen LogP contribution in [-0.2, 0) is 17.2 Å². The van der Waals surface area contributed by atoms with Gasteiger partial charge in [-0.25, -0.2) is 0 Å². The molecule has 1 aromatic heterocycles. The standard InChI is InChI=1S/C24H37N5O2/c1-18(2)16-31-21-9-7-20(8-10-21)24(3,4)17-26-23(25-5)29-11-12-30-22(15-29)19-13-27-28(6)14-19/h7-10,13-14,18,22H,11-12,15-17H2,1-6H3,(H,25,26). The first-order valence-corrected chi connectivity index (χ1v) is 11.1. The molecule has 0 bridgehead atoms. The number of guanidine groups is 1. The van der Waals surface area contributed by atoms with Crippen molar-refractivity contribution in [3.63, 3.8) is 0 Å². The summed E-state index contributed by atoms with van der Waals surface area (Å²) in [5.41, 5.74) is 2.31. The zero-order valence-corrected chi connectivity index (χ0v) is 19.8. The second kappa shape index (κ2) is 10.2. The van der Waals surface area contributed by atoms with Crippen LogP contribution in [0.2, 0.25) is 0 Å². The summed E-state index contributed by atoms with van der Waals surface area (Å²) in [6, 6.07) is 8.45. The highest BCUT2D eigenvalue weighted by Crippen LogP contribution is 2.26. The van der Waals surface area contributed by atoms with E-state index in [1.54, 1.807) is 0 Å². The number of aryl methyl sites for hydroxylation is 1. The average molecular weight is 428 g/mol. The molecule has 2 aromatic rings. The third-order valence-electron chi connectivity index (χ3n) is 5.58. The summed E-state index contributed by atoms with van der Waals surface area (Å²) in [6.45, 7) is 12.6. The Labute approximate surface area is 186 Å². The van der Waals surface area contributed by atoms with Crippen LogP contribution in [0.5, 0.6) is 5.75 Å². The molecule has 2 heterocycles. The van der Waals surface area contributed by atoms with E-state index in [1.165, 1.54) is 5.56 Å². The Bertz CT molecular complexity index is 857. The molecule has 0 amide bonds. The van der Waals surface area contributed by atoms with Gasteiger partial charge in [0.1, 0.15) is 11.9 Å². The van der Waals surface area contributed by atoms with E-state index in [4.69, 9.17) is 9.47 Å². The molecule has 0 aliphatic carbocycles. The molecule has 0 radical (unpaired) electrons. The Morgan fingerprint density at radius 3 is 2.68 bits per heavy atom. The molecule has 1 unspecified atom stereocenters. The van der Waals surface area contributed by atoms with E-state index in [2.05, 4.69) is 72.3 Å². The van der Waals surface area contributed by atoms with Crippen molar-refractivity contribution in [2.45, 2.75) is 39.2 Å². The van der Waals surface area contributed by atoms with E-state index in [0.717, 1.165) is 43.5 Å². The van der Waals surface area contributed by atoms with Crippen molar-refractivity contribution in [2.75, 3.05) is 39.9 Å². The molecule has 170 valence electrons. The second-order valence-electron chi connectivity index (χ2n) is 9.27. The summed E-state index contributed by atoms with van der Waals surface area (Å²) in [7, 11) is 3.76. The molecule has 1 aliphatic heterocycles. The topological polar surface area (TPSA) is 63.9 Å². The van der Waals surface area contributed by atoms with Crippen LogP contribution in [-0.4, -0.2) is 60.5 Å². The maximum atomic E-state index is 5.97. The van der Waals surface area contributed by atoms with Crippen molar-refractivity contribution in [1.29, 1.82) is 0 Å². The zero-order chi connectivity index (χ0) is 22.4. The van der Waals surface area contributed by atoms with Gasteiger partial charge in [-0.05, 0) is 23.6 Å². The molecule has 1 fully saturated rings. The number of aliphatic imine (C=N–C) groups is 1. The van der Waals surface area contributed by atoms with E-state index < -0.39 is 0 Å². The normalized spacial score (nSPS) is 17.8. The lowest BCUT2D eigenvalue weighted by atomic mass is 9.84. The summed E-state index contributed by atoms with van der Waals surface area (Å²) in [5, 5.41) is 7.85. The minimum Gasteiger partial charge on any atom is -0.493 e. The fraction of sp³-hybridized carbons (Fsp3) is 0.583. The van der Waals surface area contributed by atoms with E-state index in [1.807, 2.05) is 31.2 Å². The van der Waals surface area contributed by atoms with Gasteiger partial charge in [0.25, 0.3) is 0 Å². The van der Waals surface area contributed by atoms with Crippen LogP contribution < -0.4 is 10.1 Å². The number of ether oxygens (including phenoxy) is 2. The summed E-state index contributed by atoms with van der Waals surface area (Å²) >= 11 is 0. The highest BCUT2D eigenvalue weighted by molar-refractivity contribution is 5.80. The lowest BCUT2D eigenvalue weighted by molar-refractivity contribution is -0.00808. The first-order chi connectivity index (χ1) is 14.8. The van der Waals surface area contributed by atoms with Crippen LogP contribution in [0, 0.1) is 5.92 Å². The lowest BCUT2D eigenvalue weighted by Crippen LogP contribution is -2.50. The highest BCUT2D eigenvalue weighted by atomic mass is 16.5. The van der Waals surface area contributed by atoms with Crippen LogP contribution in [0.4, 0.5) is 0 Å². The Morgan fingerprint density at radius 2 is 2.06 bits per heavy atom. The molecule has 31 heavy (non-hydrogen) atoms. The third-order valence-corrected chi connectivity index (χ3v) is 5.58. The summed E-state index contributed by atoms with van der Waals surface area (Å²) < 4.78 is 13.6. The largest absolute Gasteiger partial charge is 0.493 e. The van der Waals surface area contributed by atoms with E-state index in [9.17, 15) is 0 Å². The molecule has 7 nitrogen and oxygen atoms in total. The molecule has 1 aliphatic rings. The van der Waals surface area contributed by atoms with Gasteiger partial charge in [0.2, 0.25) is 0 Å². The molecule has 3 rings (SSSR count). The predicted molar refractivity (Wildman–Crippen MR) is 125 cm³/mol. The number of hydrogen-bond acceptors (Lipinski definition) is 4. The average Bonchev–Trinajstić information content (AvgIpc) is 3.19. The number of rotatable bonds is 7. The molecular formula is C24H37N5O2. The molecule has 7 heteroatoms. The fourth-order valence-corrected chi connectivity index (χ4v) is 3.65. The number of hydrogen-bond donors (Lipinski definition) is 1. The van der Waals surface area contributed by atoms with E-state index in [0.29, 0.717) is 12.5 Å². The second-order valence-corrected chi connectivity index (χ2v) is 9.27. The predicted octanol–water partition coefficient (Wildman–Crippen LogP) is 3.38. The van der Waals surface area contributed by atoms with Crippen LogP contribution in [0.3, 0.4) is 0 Å². The quantitative estimate of drug-likeness (QED) is 0.542. The molecule has 1 atom stereocenters. The number of morpholine rings is 1. The van der Waals surface area contributed by atoms with Crippen LogP contribution in [0.15, 0.2) is 41.7 Å². The monoisotopic (exact) mass is 427 g/mol. The number of aromatic nitrogens is 2. The van der Waals surface area contributed by atoms with Crippen molar-refractivity contribution in [2.24, 2.45) is 18.0 Å². The molecule has 1 aromatic carbocycles. The SMILES string of the molecule is CN=C(NCC(C)(C)c1ccc(OCC(C)C)cc1)N1CCOC(c2cnn(C)c2)C1. The van der Waals surface area contributed by atoms with E-state index in [-0.39, 0.29) is 11.5 Å². The van der Waals surface area contributed by atoms with Gasteiger partial charge in [-0.15, -0.1) is 0 Å². The van der Waals surface area contributed by atoms with Crippen LogP contribution >= 0.6 is 0 Å². The number of benzene rings is 1. The number of nitrogens with zero attached hydrogens (tertiary/aromatic N) is 4. The van der Waals surface area contributed by atoms with Crippen molar-refractivity contribution < 1.29 is 9.47 Å². The van der Waals surface area contributed by atoms with Crippen molar-refractivity contribution >= 4 is 5.96 Å². The molecule has 1 N–H and O–H groups in total. The summed E-state index contributed by atoms with van der Waals surface area (Å²) in [5.74, 6) is 2.35. The minimum absolute atomic E-state index is 0.00685. The molecule has 0 saturated carbocycles. The first kappa shape index (κ1) is 23.1. The zero-order valence-electron chi connectivity index (χ0n) is 19.8. The van der Waals surface area contributed by atoms with Gasteiger partial charge in [0.05, 0.1) is 26.0 Å².